The summed E-state index contributed by atoms with van der Waals surface area (Å²) in [7, 11) is 3.43. The van der Waals surface area contributed by atoms with Crippen molar-refractivity contribution in [3.63, 3.8) is 0 Å². The molecule has 6 heteroatoms. The molecule has 0 aliphatic rings. The van der Waals surface area contributed by atoms with Crippen LogP contribution in [0.2, 0.25) is 0 Å². The number of carbonyl (C=O) groups excluding carboxylic acids is 1. The van der Waals surface area contributed by atoms with Crippen LogP contribution in [-0.2, 0) is 0 Å². The van der Waals surface area contributed by atoms with Crippen LogP contribution in [0.5, 0.6) is 0 Å². The Labute approximate surface area is 126 Å². The van der Waals surface area contributed by atoms with Crippen molar-refractivity contribution in [2.24, 2.45) is 0 Å². The zero-order valence-electron chi connectivity index (χ0n) is 11.7. The summed E-state index contributed by atoms with van der Waals surface area (Å²) in [6.45, 7) is 0. The average Bonchev–Trinajstić information content (AvgIpc) is 2.94. The van der Waals surface area contributed by atoms with Gasteiger partial charge in [-0.2, -0.15) is 0 Å². The number of thioether (sulfide) groups is 1. The summed E-state index contributed by atoms with van der Waals surface area (Å²) in [5.74, 6) is 0. The molecule has 0 aliphatic heterocycles. The zero-order chi connectivity index (χ0) is 14.8. The van der Waals surface area contributed by atoms with Crippen LogP contribution in [-0.4, -0.2) is 39.0 Å². The van der Waals surface area contributed by atoms with E-state index in [2.05, 4.69) is 22.3 Å². The van der Waals surface area contributed by atoms with Crippen LogP contribution in [0.4, 0.5) is 4.79 Å². The van der Waals surface area contributed by atoms with E-state index in [0.29, 0.717) is 5.16 Å². The van der Waals surface area contributed by atoms with Gasteiger partial charge in [0.05, 0.1) is 5.69 Å². The molecule has 2 aromatic carbocycles. The molecule has 3 rings (SSSR count). The van der Waals surface area contributed by atoms with Gasteiger partial charge in [-0.05, 0) is 11.5 Å². The maximum atomic E-state index is 11.9. The highest BCUT2D eigenvalue weighted by Gasteiger charge is 2.15. The number of carbonyl (C=O) groups is 1. The fraction of sp³-hybridized carbons (Fsp3) is 0.133. The zero-order valence-corrected chi connectivity index (χ0v) is 12.5. The predicted octanol–water partition coefficient (Wildman–Crippen LogP) is 3.19. The van der Waals surface area contributed by atoms with Crippen LogP contribution < -0.4 is 0 Å². The predicted molar refractivity (Wildman–Crippen MR) is 83.8 cm³/mol. The second-order valence-electron chi connectivity index (χ2n) is 4.74. The molecule has 106 valence electrons. The lowest BCUT2D eigenvalue weighted by molar-refractivity contribution is 0.241. The van der Waals surface area contributed by atoms with Gasteiger partial charge in [-0.1, -0.05) is 36.4 Å². The number of hydrogen-bond donors (Lipinski definition) is 0. The van der Waals surface area contributed by atoms with E-state index in [1.54, 1.807) is 20.4 Å². The number of amides is 1. The Morgan fingerprint density at radius 1 is 1.14 bits per heavy atom. The molecule has 21 heavy (non-hydrogen) atoms. The van der Waals surface area contributed by atoms with Crippen LogP contribution >= 0.6 is 11.8 Å². The van der Waals surface area contributed by atoms with Gasteiger partial charge in [0.25, 0.3) is 5.24 Å². The van der Waals surface area contributed by atoms with E-state index in [4.69, 9.17) is 0 Å². The molecule has 0 fully saturated rings. The number of rotatable bonds is 2. The Hall–Kier alpha value is -2.34. The minimum atomic E-state index is -0.0792. The molecule has 3 aromatic rings. The molecule has 1 heterocycles. The Morgan fingerprint density at radius 3 is 2.71 bits per heavy atom. The lowest BCUT2D eigenvalue weighted by Gasteiger charge is -2.11. The van der Waals surface area contributed by atoms with Crippen LogP contribution in [0.1, 0.15) is 0 Å². The van der Waals surface area contributed by atoms with Gasteiger partial charge in [-0.15, -0.1) is 10.2 Å². The van der Waals surface area contributed by atoms with Crippen LogP contribution in [0.3, 0.4) is 0 Å². The van der Waals surface area contributed by atoms with Gasteiger partial charge in [0.2, 0.25) is 5.16 Å². The lowest BCUT2D eigenvalue weighted by atomic mass is 10.1. The molecule has 0 bridgehead atoms. The maximum absolute atomic E-state index is 11.9. The van der Waals surface area contributed by atoms with Gasteiger partial charge in [0.15, 0.2) is 0 Å². The van der Waals surface area contributed by atoms with Crippen LogP contribution in [0.25, 0.3) is 16.5 Å². The van der Waals surface area contributed by atoms with E-state index >= 15 is 0 Å². The molecule has 0 spiro atoms. The summed E-state index contributed by atoms with van der Waals surface area (Å²) in [4.78, 5) is 13.4. The molecule has 0 saturated carbocycles. The summed E-state index contributed by atoms with van der Waals surface area (Å²) < 4.78 is 1.84. The number of aromatic nitrogens is 3. The van der Waals surface area contributed by atoms with Gasteiger partial charge >= 0.3 is 0 Å². The number of benzene rings is 2. The normalized spacial score (nSPS) is 10.8. The van der Waals surface area contributed by atoms with Gasteiger partial charge in [-0.25, -0.2) is 0 Å². The first-order chi connectivity index (χ1) is 10.2. The van der Waals surface area contributed by atoms with E-state index < -0.39 is 0 Å². The van der Waals surface area contributed by atoms with Crippen molar-refractivity contribution in [2.75, 3.05) is 14.1 Å². The lowest BCUT2D eigenvalue weighted by Crippen LogP contribution is -2.16. The number of fused-ring (bicyclic) bond motifs is 1. The third-order valence-electron chi connectivity index (χ3n) is 3.09. The van der Waals surface area contributed by atoms with E-state index in [9.17, 15) is 4.79 Å². The summed E-state index contributed by atoms with van der Waals surface area (Å²) in [6, 6.07) is 14.1. The highest BCUT2D eigenvalue weighted by molar-refractivity contribution is 8.13. The van der Waals surface area contributed by atoms with Gasteiger partial charge in [-0.3, -0.25) is 9.36 Å². The smallest absolute Gasteiger partial charge is 0.288 e. The fourth-order valence-electron chi connectivity index (χ4n) is 2.05. The number of nitrogens with zero attached hydrogens (tertiary/aromatic N) is 4. The summed E-state index contributed by atoms with van der Waals surface area (Å²) >= 11 is 1.06. The number of hydrogen-bond acceptors (Lipinski definition) is 4. The summed E-state index contributed by atoms with van der Waals surface area (Å²) in [5.41, 5.74) is 0.965. The van der Waals surface area contributed by atoms with Gasteiger partial charge in [0, 0.05) is 31.2 Å². The third kappa shape index (κ3) is 2.62. The van der Waals surface area contributed by atoms with Crippen molar-refractivity contribution in [2.45, 2.75) is 5.16 Å². The third-order valence-corrected chi connectivity index (χ3v) is 4.09. The van der Waals surface area contributed by atoms with E-state index in [1.165, 1.54) is 4.90 Å². The molecule has 0 saturated heterocycles. The van der Waals surface area contributed by atoms with Crippen molar-refractivity contribution in [3.05, 3.63) is 48.8 Å². The first kappa shape index (κ1) is 13.6. The average molecular weight is 298 g/mol. The molecule has 0 N–H and O–H groups in total. The maximum Gasteiger partial charge on any atom is 0.288 e. The Morgan fingerprint density at radius 2 is 1.90 bits per heavy atom. The first-order valence-electron chi connectivity index (χ1n) is 6.44. The minimum absolute atomic E-state index is 0.0792. The largest absolute Gasteiger partial charge is 0.339 e. The van der Waals surface area contributed by atoms with Gasteiger partial charge < -0.3 is 4.90 Å². The summed E-state index contributed by atoms with van der Waals surface area (Å²) in [5, 5.41) is 10.7. The first-order valence-corrected chi connectivity index (χ1v) is 7.26. The quantitative estimate of drug-likeness (QED) is 0.682. The van der Waals surface area contributed by atoms with Crippen LogP contribution in [0, 0.1) is 0 Å². The molecule has 1 amide bonds. The molecule has 0 unspecified atom stereocenters. The minimum Gasteiger partial charge on any atom is -0.339 e. The molecule has 0 radical (unpaired) electrons. The molecular formula is C15H14N4OS. The van der Waals surface area contributed by atoms with Crippen molar-refractivity contribution in [1.82, 2.24) is 19.7 Å². The monoisotopic (exact) mass is 298 g/mol. The standard InChI is InChI=1S/C15H14N4OS/c1-18(2)15(20)21-14-17-16-10-19(14)13-9-5-7-11-6-3-4-8-12(11)13/h3-10H,1-2H3. The second kappa shape index (κ2) is 5.57. The second-order valence-corrected chi connectivity index (χ2v) is 5.66. The molecule has 0 atom stereocenters. The summed E-state index contributed by atoms with van der Waals surface area (Å²) in [6.07, 6.45) is 1.63. The highest BCUT2D eigenvalue weighted by Crippen LogP contribution is 2.26. The van der Waals surface area contributed by atoms with Crippen molar-refractivity contribution >= 4 is 27.8 Å². The highest BCUT2D eigenvalue weighted by atomic mass is 32.2. The Kier molecular flexibility index (Phi) is 3.62. The van der Waals surface area contributed by atoms with Crippen molar-refractivity contribution in [1.29, 1.82) is 0 Å². The van der Waals surface area contributed by atoms with Crippen LogP contribution in [0.15, 0.2) is 53.9 Å². The van der Waals surface area contributed by atoms with Gasteiger partial charge in [0.1, 0.15) is 6.33 Å². The van der Waals surface area contributed by atoms with E-state index in [-0.39, 0.29) is 5.24 Å². The van der Waals surface area contributed by atoms with E-state index in [0.717, 1.165) is 28.2 Å². The molecule has 1 aromatic heterocycles. The topological polar surface area (TPSA) is 51.0 Å². The molecule has 5 nitrogen and oxygen atoms in total. The van der Waals surface area contributed by atoms with E-state index in [1.807, 2.05) is 34.9 Å². The molecular weight excluding hydrogens is 284 g/mol. The Bertz CT molecular complexity index is 792. The Balaban J connectivity index is 2.08. The molecule has 0 aliphatic carbocycles. The van der Waals surface area contributed by atoms with Crippen molar-refractivity contribution in [3.8, 4) is 5.69 Å². The van der Waals surface area contributed by atoms with Crippen molar-refractivity contribution < 1.29 is 4.79 Å². The fourth-order valence-corrected chi connectivity index (χ4v) is 2.72. The SMILES string of the molecule is CN(C)C(=O)Sc1nncn1-c1cccc2ccccc12.